The molecule has 2 N–H and O–H groups in total. The number of guanidine groups is 1. The van der Waals surface area contributed by atoms with Crippen molar-refractivity contribution in [2.24, 2.45) is 4.99 Å². The molecule has 0 amide bonds. The summed E-state index contributed by atoms with van der Waals surface area (Å²) in [5, 5.41) is 6.68. The normalized spacial score (nSPS) is 11.5. The molecule has 0 aliphatic rings. The summed E-state index contributed by atoms with van der Waals surface area (Å²) >= 11 is 1.81. The number of pyridine rings is 1. The molecule has 0 aliphatic carbocycles. The predicted molar refractivity (Wildman–Crippen MR) is 89.9 cm³/mol. The van der Waals surface area contributed by atoms with E-state index < -0.39 is 0 Å². The number of hydrogen-bond donors (Lipinski definition) is 2. The highest BCUT2D eigenvalue weighted by Gasteiger charge is 2.01. The van der Waals surface area contributed by atoms with Crippen molar-refractivity contribution in [1.82, 2.24) is 15.6 Å². The largest absolute Gasteiger partial charge is 0.356 e. The first kappa shape index (κ1) is 15.5. The SMILES string of the molecule is CN=C(NCCc1ccncc1C)NCc1ccc(C)s1. The van der Waals surface area contributed by atoms with Gasteiger partial charge in [-0.1, -0.05) is 0 Å². The average Bonchev–Trinajstić information content (AvgIpc) is 2.90. The van der Waals surface area contributed by atoms with Gasteiger partial charge in [-0.2, -0.15) is 0 Å². The Labute approximate surface area is 130 Å². The molecule has 5 heteroatoms. The van der Waals surface area contributed by atoms with Crippen molar-refractivity contribution >= 4 is 17.3 Å². The number of aryl methyl sites for hydroxylation is 2. The minimum atomic E-state index is 0.812. The third-order valence-corrected chi connectivity index (χ3v) is 4.27. The Balaban J connectivity index is 1.77. The zero-order valence-corrected chi connectivity index (χ0v) is 13.6. The van der Waals surface area contributed by atoms with Gasteiger partial charge in [0.05, 0.1) is 6.54 Å². The molecule has 0 saturated carbocycles. The predicted octanol–water partition coefficient (Wildman–Crippen LogP) is 2.67. The molecule has 4 nitrogen and oxygen atoms in total. The molecule has 2 rings (SSSR count). The van der Waals surface area contributed by atoms with Crippen molar-refractivity contribution in [2.45, 2.75) is 26.8 Å². The lowest BCUT2D eigenvalue weighted by atomic mass is 10.1. The quantitative estimate of drug-likeness (QED) is 0.659. The highest BCUT2D eigenvalue weighted by atomic mass is 32.1. The van der Waals surface area contributed by atoms with E-state index in [9.17, 15) is 0 Å². The van der Waals surface area contributed by atoms with E-state index in [-0.39, 0.29) is 0 Å². The molecule has 0 unspecified atom stereocenters. The first-order chi connectivity index (χ1) is 10.2. The summed E-state index contributed by atoms with van der Waals surface area (Å²) < 4.78 is 0. The van der Waals surface area contributed by atoms with Crippen LogP contribution in [0.2, 0.25) is 0 Å². The van der Waals surface area contributed by atoms with Crippen LogP contribution in [0.25, 0.3) is 0 Å². The van der Waals surface area contributed by atoms with E-state index in [0.717, 1.165) is 25.5 Å². The molecule has 0 bridgehead atoms. The van der Waals surface area contributed by atoms with E-state index in [1.54, 1.807) is 7.05 Å². The Hall–Kier alpha value is -1.88. The van der Waals surface area contributed by atoms with E-state index in [2.05, 4.69) is 52.7 Å². The molecule has 112 valence electrons. The van der Waals surface area contributed by atoms with Crippen LogP contribution in [-0.2, 0) is 13.0 Å². The summed E-state index contributed by atoms with van der Waals surface area (Å²) in [4.78, 5) is 11.0. The lowest BCUT2D eigenvalue weighted by molar-refractivity contribution is 0.796. The Morgan fingerprint density at radius 2 is 2.10 bits per heavy atom. The summed E-state index contributed by atoms with van der Waals surface area (Å²) in [5.74, 6) is 0.841. The monoisotopic (exact) mass is 302 g/mol. The van der Waals surface area contributed by atoms with E-state index >= 15 is 0 Å². The number of nitrogens with zero attached hydrogens (tertiary/aromatic N) is 2. The molecule has 0 fully saturated rings. The molecule has 0 atom stereocenters. The standard InChI is InChI=1S/C16H22N4S/c1-12-10-18-8-6-14(12)7-9-19-16(17-3)20-11-15-5-4-13(2)21-15/h4-6,8,10H,7,9,11H2,1-3H3,(H2,17,19,20). The first-order valence-electron chi connectivity index (χ1n) is 7.08. The second-order valence-corrected chi connectivity index (χ2v) is 6.29. The van der Waals surface area contributed by atoms with Crippen LogP contribution in [0.1, 0.15) is 20.9 Å². The molecule has 0 aromatic carbocycles. The van der Waals surface area contributed by atoms with Gasteiger partial charge < -0.3 is 10.6 Å². The van der Waals surface area contributed by atoms with Gasteiger partial charge in [0.15, 0.2) is 5.96 Å². The number of aromatic nitrogens is 1. The first-order valence-corrected chi connectivity index (χ1v) is 7.90. The lowest BCUT2D eigenvalue weighted by Gasteiger charge is -2.11. The smallest absolute Gasteiger partial charge is 0.191 e. The van der Waals surface area contributed by atoms with Gasteiger partial charge in [-0.3, -0.25) is 9.98 Å². The van der Waals surface area contributed by atoms with E-state index in [0.29, 0.717) is 0 Å². The van der Waals surface area contributed by atoms with Crippen molar-refractivity contribution in [2.75, 3.05) is 13.6 Å². The molecule has 2 aromatic rings. The number of nitrogens with one attached hydrogen (secondary N) is 2. The Bertz CT molecular complexity index is 604. The molecule has 0 aliphatic heterocycles. The highest BCUT2D eigenvalue weighted by molar-refractivity contribution is 7.11. The maximum Gasteiger partial charge on any atom is 0.191 e. The molecule has 2 aromatic heterocycles. The van der Waals surface area contributed by atoms with Crippen molar-refractivity contribution in [3.05, 3.63) is 51.5 Å². The van der Waals surface area contributed by atoms with Crippen molar-refractivity contribution in [1.29, 1.82) is 0 Å². The summed E-state index contributed by atoms with van der Waals surface area (Å²) in [6, 6.07) is 6.37. The molecular weight excluding hydrogens is 280 g/mol. The summed E-state index contributed by atoms with van der Waals surface area (Å²) in [7, 11) is 1.80. The summed E-state index contributed by atoms with van der Waals surface area (Å²) in [6.45, 7) is 5.88. The topological polar surface area (TPSA) is 49.3 Å². The zero-order valence-electron chi connectivity index (χ0n) is 12.8. The fraction of sp³-hybridized carbons (Fsp3) is 0.375. The number of aliphatic imine (C=N–C) groups is 1. The van der Waals surface area contributed by atoms with Crippen LogP contribution < -0.4 is 10.6 Å². The minimum Gasteiger partial charge on any atom is -0.356 e. The molecule has 21 heavy (non-hydrogen) atoms. The minimum absolute atomic E-state index is 0.812. The van der Waals surface area contributed by atoms with Crippen LogP contribution in [-0.4, -0.2) is 24.5 Å². The third kappa shape index (κ3) is 4.86. The van der Waals surface area contributed by atoms with Gasteiger partial charge in [0, 0.05) is 35.7 Å². The van der Waals surface area contributed by atoms with Gasteiger partial charge in [-0.25, -0.2) is 0 Å². The zero-order chi connectivity index (χ0) is 15.1. The van der Waals surface area contributed by atoms with Crippen molar-refractivity contribution in [3.8, 4) is 0 Å². The molecule has 0 radical (unpaired) electrons. The number of hydrogen-bond acceptors (Lipinski definition) is 3. The van der Waals surface area contributed by atoms with E-state index in [4.69, 9.17) is 0 Å². The van der Waals surface area contributed by atoms with Crippen LogP contribution in [0, 0.1) is 13.8 Å². The third-order valence-electron chi connectivity index (χ3n) is 3.27. The second-order valence-electron chi connectivity index (χ2n) is 4.92. The second kappa shape index (κ2) is 7.78. The van der Waals surface area contributed by atoms with Gasteiger partial charge in [-0.05, 0) is 49.6 Å². The van der Waals surface area contributed by atoms with Crippen LogP contribution >= 0.6 is 11.3 Å². The molecular formula is C16H22N4S. The van der Waals surface area contributed by atoms with Crippen LogP contribution in [0.3, 0.4) is 0 Å². The number of rotatable bonds is 5. The van der Waals surface area contributed by atoms with Gasteiger partial charge in [0.1, 0.15) is 0 Å². The van der Waals surface area contributed by atoms with Crippen LogP contribution in [0.15, 0.2) is 35.6 Å². The van der Waals surface area contributed by atoms with Gasteiger partial charge in [0.2, 0.25) is 0 Å². The van der Waals surface area contributed by atoms with E-state index in [1.165, 1.54) is 20.9 Å². The highest BCUT2D eigenvalue weighted by Crippen LogP contribution is 2.14. The van der Waals surface area contributed by atoms with Crippen molar-refractivity contribution < 1.29 is 0 Å². The fourth-order valence-electron chi connectivity index (χ4n) is 2.07. The van der Waals surface area contributed by atoms with Gasteiger partial charge in [-0.15, -0.1) is 11.3 Å². The summed E-state index contributed by atoms with van der Waals surface area (Å²) in [6.07, 6.45) is 4.71. The number of thiophene rings is 1. The maximum absolute atomic E-state index is 4.25. The van der Waals surface area contributed by atoms with Crippen LogP contribution in [0.5, 0.6) is 0 Å². The average molecular weight is 302 g/mol. The molecule has 0 spiro atoms. The Morgan fingerprint density at radius 1 is 1.24 bits per heavy atom. The van der Waals surface area contributed by atoms with Gasteiger partial charge >= 0.3 is 0 Å². The van der Waals surface area contributed by atoms with E-state index in [1.807, 2.05) is 23.7 Å². The van der Waals surface area contributed by atoms with Gasteiger partial charge in [0.25, 0.3) is 0 Å². The fourth-order valence-corrected chi connectivity index (χ4v) is 2.90. The maximum atomic E-state index is 4.25. The lowest BCUT2D eigenvalue weighted by Crippen LogP contribution is -2.37. The molecule has 0 saturated heterocycles. The van der Waals surface area contributed by atoms with Crippen LogP contribution in [0.4, 0.5) is 0 Å². The van der Waals surface area contributed by atoms with Crippen molar-refractivity contribution in [3.63, 3.8) is 0 Å². The Kier molecular flexibility index (Phi) is 5.75. The summed E-state index contributed by atoms with van der Waals surface area (Å²) in [5.41, 5.74) is 2.55. The molecule has 2 heterocycles. The Morgan fingerprint density at radius 3 is 2.76 bits per heavy atom.